The van der Waals surface area contributed by atoms with Gasteiger partial charge in [0.25, 0.3) is 0 Å². The zero-order valence-corrected chi connectivity index (χ0v) is 15.1. The van der Waals surface area contributed by atoms with Gasteiger partial charge in [-0.25, -0.2) is 0 Å². The molecule has 24 heavy (non-hydrogen) atoms. The van der Waals surface area contributed by atoms with Crippen LogP contribution in [0.3, 0.4) is 0 Å². The van der Waals surface area contributed by atoms with Gasteiger partial charge in [-0.05, 0) is 38.3 Å². The van der Waals surface area contributed by atoms with Crippen LogP contribution in [0.1, 0.15) is 39.2 Å². The molecule has 138 valence electrons. The summed E-state index contributed by atoms with van der Waals surface area (Å²) in [7, 11) is 0. The maximum Gasteiger partial charge on any atom is 0.154 e. The van der Waals surface area contributed by atoms with Gasteiger partial charge < -0.3 is 24.5 Å². The zero-order chi connectivity index (χ0) is 18.6. The number of aliphatic hydroxyl groups is 2. The highest BCUT2D eigenvalue weighted by molar-refractivity contribution is 5.65. The number of hydrogen-bond acceptors (Lipinski definition) is 5. The molecular formula is C19H32O5. The van der Waals surface area contributed by atoms with E-state index in [1.165, 1.54) is 0 Å². The third kappa shape index (κ3) is 16.8. The molecule has 0 saturated carbocycles. The number of rotatable bonds is 9. The van der Waals surface area contributed by atoms with E-state index in [4.69, 9.17) is 19.7 Å². The van der Waals surface area contributed by atoms with Gasteiger partial charge in [0.15, 0.2) is 6.29 Å². The van der Waals surface area contributed by atoms with Crippen LogP contribution in [-0.2, 0) is 14.3 Å². The second-order valence-electron chi connectivity index (χ2n) is 4.60. The maximum absolute atomic E-state index is 10.1. The summed E-state index contributed by atoms with van der Waals surface area (Å²) in [6.07, 6.45) is 2.21. The lowest BCUT2D eigenvalue weighted by Gasteiger charge is -2.09. The van der Waals surface area contributed by atoms with Gasteiger partial charge in [0.1, 0.15) is 6.29 Å². The van der Waals surface area contributed by atoms with E-state index in [0.717, 1.165) is 37.1 Å². The molecule has 0 heterocycles. The van der Waals surface area contributed by atoms with Crippen LogP contribution in [-0.4, -0.2) is 49.2 Å². The lowest BCUT2D eigenvalue weighted by atomic mass is 10.0. The molecule has 0 fully saturated rings. The predicted octanol–water partition coefficient (Wildman–Crippen LogP) is 3.06. The number of benzene rings is 1. The second kappa shape index (κ2) is 19.5. The first kappa shape index (κ1) is 24.7. The Balaban J connectivity index is 0. The standard InChI is InChI=1S/C11H12O.C6H14O2.C2H6O2/c1-10(6-5-9-12)11-7-3-2-4-8-11;1-4-7-6(3)8-5-2;3-1-2-4/h2-4,7-9H,1,5-6H2;6H,4-5H2,1-3H3;3-4H,1-2H2. The highest BCUT2D eigenvalue weighted by Crippen LogP contribution is 2.15. The molecule has 0 saturated heterocycles. The number of aldehydes is 1. The molecule has 5 nitrogen and oxygen atoms in total. The summed E-state index contributed by atoms with van der Waals surface area (Å²) < 4.78 is 10.1. The number of allylic oxidation sites excluding steroid dienone is 1. The van der Waals surface area contributed by atoms with Crippen molar-refractivity contribution >= 4 is 11.9 Å². The average molecular weight is 340 g/mol. The molecule has 5 heteroatoms. The fourth-order valence-corrected chi connectivity index (χ4v) is 1.57. The summed E-state index contributed by atoms with van der Waals surface area (Å²) in [4.78, 5) is 10.1. The van der Waals surface area contributed by atoms with Crippen molar-refractivity contribution in [2.75, 3.05) is 26.4 Å². The van der Waals surface area contributed by atoms with Crippen LogP contribution in [0.15, 0.2) is 36.9 Å². The van der Waals surface area contributed by atoms with Crippen LogP contribution in [0, 0.1) is 0 Å². The summed E-state index contributed by atoms with van der Waals surface area (Å²) in [5.41, 5.74) is 2.15. The summed E-state index contributed by atoms with van der Waals surface area (Å²) in [6.45, 7) is 10.9. The monoisotopic (exact) mass is 340 g/mol. The Kier molecular flexibility index (Phi) is 20.1. The fourth-order valence-electron chi connectivity index (χ4n) is 1.57. The van der Waals surface area contributed by atoms with Crippen molar-refractivity contribution in [2.24, 2.45) is 0 Å². The van der Waals surface area contributed by atoms with E-state index in [-0.39, 0.29) is 19.5 Å². The Morgan fingerprint density at radius 3 is 2.00 bits per heavy atom. The van der Waals surface area contributed by atoms with Crippen LogP contribution in [0.2, 0.25) is 0 Å². The van der Waals surface area contributed by atoms with E-state index in [9.17, 15) is 4.79 Å². The van der Waals surface area contributed by atoms with E-state index in [1.54, 1.807) is 0 Å². The largest absolute Gasteiger partial charge is 0.394 e. The number of ether oxygens (including phenoxy) is 2. The number of carbonyl (C=O) groups is 1. The molecule has 0 aliphatic rings. The zero-order valence-electron chi connectivity index (χ0n) is 15.1. The van der Waals surface area contributed by atoms with Gasteiger partial charge in [0.05, 0.1) is 13.2 Å². The third-order valence-electron chi connectivity index (χ3n) is 2.65. The minimum atomic E-state index is -0.125. The Hall–Kier alpha value is -1.53. The van der Waals surface area contributed by atoms with Crippen molar-refractivity contribution in [1.29, 1.82) is 0 Å². The second-order valence-corrected chi connectivity index (χ2v) is 4.60. The summed E-state index contributed by atoms with van der Waals surface area (Å²) in [5.74, 6) is 0. The third-order valence-corrected chi connectivity index (χ3v) is 2.65. The first-order valence-corrected chi connectivity index (χ1v) is 8.18. The predicted molar refractivity (Wildman–Crippen MR) is 97.7 cm³/mol. The molecule has 1 rings (SSSR count). The Morgan fingerprint density at radius 1 is 1.12 bits per heavy atom. The lowest BCUT2D eigenvalue weighted by molar-refractivity contribution is -0.123. The van der Waals surface area contributed by atoms with Crippen LogP contribution >= 0.6 is 0 Å². The molecule has 1 aromatic rings. The van der Waals surface area contributed by atoms with E-state index in [0.29, 0.717) is 6.42 Å². The van der Waals surface area contributed by atoms with Crippen molar-refractivity contribution in [3.05, 3.63) is 42.5 Å². The van der Waals surface area contributed by atoms with Gasteiger partial charge >= 0.3 is 0 Å². The Labute approximate surface area is 145 Å². The van der Waals surface area contributed by atoms with E-state index < -0.39 is 0 Å². The number of carbonyl (C=O) groups excluding carboxylic acids is 1. The van der Waals surface area contributed by atoms with Crippen molar-refractivity contribution in [3.8, 4) is 0 Å². The highest BCUT2D eigenvalue weighted by atomic mass is 16.7. The van der Waals surface area contributed by atoms with Crippen LogP contribution in [0.4, 0.5) is 0 Å². The molecule has 0 atom stereocenters. The summed E-state index contributed by atoms with van der Waals surface area (Å²) >= 11 is 0. The van der Waals surface area contributed by atoms with Crippen LogP contribution in [0.25, 0.3) is 5.57 Å². The molecule has 0 aliphatic heterocycles. The molecule has 0 radical (unpaired) electrons. The average Bonchev–Trinajstić information content (AvgIpc) is 2.61. The smallest absolute Gasteiger partial charge is 0.154 e. The topological polar surface area (TPSA) is 76.0 Å². The number of hydrogen-bond donors (Lipinski definition) is 2. The number of aliphatic hydroxyl groups excluding tert-OH is 2. The van der Waals surface area contributed by atoms with Gasteiger partial charge in [0, 0.05) is 19.6 Å². The van der Waals surface area contributed by atoms with Gasteiger partial charge in [-0.2, -0.15) is 0 Å². The first-order valence-electron chi connectivity index (χ1n) is 8.18. The van der Waals surface area contributed by atoms with Gasteiger partial charge in [-0.1, -0.05) is 36.9 Å². The van der Waals surface area contributed by atoms with E-state index in [2.05, 4.69) is 6.58 Å². The van der Waals surface area contributed by atoms with Gasteiger partial charge in [-0.15, -0.1) is 0 Å². The van der Waals surface area contributed by atoms with Crippen LogP contribution in [0.5, 0.6) is 0 Å². The summed E-state index contributed by atoms with van der Waals surface area (Å²) in [5, 5.41) is 15.2. The SMILES string of the molecule is C=C(CCC=O)c1ccccc1.CCOC(C)OCC.OCCO. The van der Waals surface area contributed by atoms with Crippen molar-refractivity contribution < 1.29 is 24.5 Å². The van der Waals surface area contributed by atoms with Crippen molar-refractivity contribution in [2.45, 2.75) is 39.9 Å². The Bertz CT molecular complexity index is 384. The fraction of sp³-hybridized carbons (Fsp3) is 0.526. The normalized spacial score (nSPS) is 9.42. The van der Waals surface area contributed by atoms with E-state index in [1.807, 2.05) is 51.1 Å². The van der Waals surface area contributed by atoms with Gasteiger partial charge in [-0.3, -0.25) is 0 Å². The molecular weight excluding hydrogens is 308 g/mol. The Morgan fingerprint density at radius 2 is 1.62 bits per heavy atom. The molecule has 0 aromatic heterocycles. The lowest BCUT2D eigenvalue weighted by Crippen LogP contribution is -2.11. The van der Waals surface area contributed by atoms with Crippen LogP contribution < -0.4 is 0 Å². The van der Waals surface area contributed by atoms with Gasteiger partial charge in [0.2, 0.25) is 0 Å². The quantitative estimate of drug-likeness (QED) is 0.534. The summed E-state index contributed by atoms with van der Waals surface area (Å²) in [6, 6.07) is 9.93. The van der Waals surface area contributed by atoms with Crippen molar-refractivity contribution in [3.63, 3.8) is 0 Å². The molecule has 2 N–H and O–H groups in total. The molecule has 1 aromatic carbocycles. The molecule has 0 aliphatic carbocycles. The molecule has 0 unspecified atom stereocenters. The molecule has 0 bridgehead atoms. The minimum Gasteiger partial charge on any atom is -0.394 e. The van der Waals surface area contributed by atoms with E-state index >= 15 is 0 Å². The minimum absolute atomic E-state index is 0.0370. The highest BCUT2D eigenvalue weighted by Gasteiger charge is 1.96. The maximum atomic E-state index is 10.1. The van der Waals surface area contributed by atoms with Crippen molar-refractivity contribution in [1.82, 2.24) is 0 Å². The first-order chi connectivity index (χ1) is 11.6. The molecule has 0 spiro atoms. The molecule has 0 amide bonds.